The first-order valence-electron chi connectivity index (χ1n) is 8.83. The zero-order chi connectivity index (χ0) is 20.6. The number of benzene rings is 1. The highest BCUT2D eigenvalue weighted by atomic mass is 35.5. The number of nitrogens with one attached hydrogen (secondary N) is 2. The molecule has 156 valence electrons. The second-order valence-corrected chi connectivity index (χ2v) is 9.22. The van der Waals surface area contributed by atoms with Crippen molar-refractivity contribution >= 4 is 43.8 Å². The fourth-order valence-corrected chi connectivity index (χ4v) is 4.73. The average molecular weight is 451 g/mol. The Morgan fingerprint density at radius 3 is 2.75 bits per heavy atom. The molecular weight excluding hydrogens is 427 g/mol. The van der Waals surface area contributed by atoms with Crippen LogP contribution in [0.25, 0.3) is 0 Å². The van der Waals surface area contributed by atoms with Crippen molar-refractivity contribution < 1.29 is 17.9 Å². The van der Waals surface area contributed by atoms with E-state index in [0.717, 1.165) is 49.2 Å². The van der Waals surface area contributed by atoms with Gasteiger partial charge in [-0.05, 0) is 37.4 Å². The Balaban J connectivity index is 1.91. The molecule has 0 aliphatic carbocycles. The molecule has 0 unspecified atom stereocenters. The van der Waals surface area contributed by atoms with Gasteiger partial charge in [0.15, 0.2) is 5.13 Å². The minimum atomic E-state index is -4.12. The lowest BCUT2D eigenvalue weighted by Gasteiger charge is -2.13. The quantitative estimate of drug-likeness (QED) is 0.368. The van der Waals surface area contributed by atoms with Gasteiger partial charge in [0.25, 0.3) is 10.0 Å². The van der Waals surface area contributed by atoms with E-state index in [1.807, 2.05) is 0 Å². The molecule has 0 saturated heterocycles. The van der Waals surface area contributed by atoms with Gasteiger partial charge < -0.3 is 16.2 Å². The number of thiazole rings is 1. The van der Waals surface area contributed by atoms with Crippen molar-refractivity contribution in [3.63, 3.8) is 0 Å². The monoisotopic (exact) mass is 450 g/mol. The number of aromatic nitrogens is 1. The van der Waals surface area contributed by atoms with Crippen LogP contribution in [0.15, 0.2) is 28.6 Å². The first kappa shape index (κ1) is 22.8. The molecule has 0 radical (unpaired) electrons. The van der Waals surface area contributed by atoms with E-state index in [2.05, 4.69) is 15.0 Å². The number of aliphatic hydroxyl groups excluding tert-OH is 1. The molecular formula is C17H24ClFN4O3S2. The normalized spacial score (nSPS) is 12.7. The first-order valence-corrected chi connectivity index (χ1v) is 11.6. The maximum atomic E-state index is 14.4. The summed E-state index contributed by atoms with van der Waals surface area (Å²) in [4.78, 5) is 3.29. The van der Waals surface area contributed by atoms with Crippen LogP contribution in [0.2, 0.25) is 5.02 Å². The highest BCUT2D eigenvalue weighted by Gasteiger charge is 2.22. The highest BCUT2D eigenvalue weighted by Crippen LogP contribution is 2.29. The first-order chi connectivity index (χ1) is 13.4. The third kappa shape index (κ3) is 6.56. The summed E-state index contributed by atoms with van der Waals surface area (Å²) >= 11 is 7.22. The largest absolute Gasteiger partial charge is 0.396 e. The molecule has 1 aromatic carbocycles. The number of hydrogen-bond donors (Lipinski definition) is 4. The summed E-state index contributed by atoms with van der Waals surface area (Å²) in [6, 6.07) is 2.16. The standard InChI is InChI=1S/C17H24ClFN4O3S2/c18-13-8-16(28(25,26)23-17-22-6-7-27-17)14(19)9-15(13)21-5-3-1-2-4-12(10-20)11-24/h6-9,12,21,24H,1-5,10-11,20H2,(H,22,23)/t12-/m0/s1. The van der Waals surface area contributed by atoms with Crippen molar-refractivity contribution in [3.8, 4) is 0 Å². The van der Waals surface area contributed by atoms with Gasteiger partial charge in [-0.15, -0.1) is 11.3 Å². The molecule has 28 heavy (non-hydrogen) atoms. The van der Waals surface area contributed by atoms with Gasteiger partial charge in [-0.25, -0.2) is 17.8 Å². The lowest BCUT2D eigenvalue weighted by molar-refractivity contribution is 0.220. The van der Waals surface area contributed by atoms with Crippen LogP contribution in [0.5, 0.6) is 0 Å². The molecule has 11 heteroatoms. The van der Waals surface area contributed by atoms with Crippen LogP contribution >= 0.6 is 22.9 Å². The van der Waals surface area contributed by atoms with E-state index < -0.39 is 20.7 Å². The second kappa shape index (κ2) is 10.9. The highest BCUT2D eigenvalue weighted by molar-refractivity contribution is 7.93. The number of anilines is 2. The van der Waals surface area contributed by atoms with Crippen molar-refractivity contribution in [2.24, 2.45) is 11.7 Å². The van der Waals surface area contributed by atoms with E-state index >= 15 is 0 Å². The van der Waals surface area contributed by atoms with E-state index in [9.17, 15) is 12.8 Å². The summed E-state index contributed by atoms with van der Waals surface area (Å²) in [5.74, 6) is -0.770. The minimum Gasteiger partial charge on any atom is -0.396 e. The predicted molar refractivity (Wildman–Crippen MR) is 111 cm³/mol. The Morgan fingerprint density at radius 2 is 2.11 bits per heavy atom. The molecule has 1 atom stereocenters. The number of halogens is 2. The van der Waals surface area contributed by atoms with Gasteiger partial charge in [-0.1, -0.05) is 24.4 Å². The molecule has 1 heterocycles. The number of aliphatic hydroxyl groups is 1. The van der Waals surface area contributed by atoms with Crippen molar-refractivity contribution in [1.82, 2.24) is 4.98 Å². The van der Waals surface area contributed by atoms with Gasteiger partial charge in [-0.3, -0.25) is 4.72 Å². The lowest BCUT2D eigenvalue weighted by Crippen LogP contribution is -2.17. The summed E-state index contributed by atoms with van der Waals surface area (Å²) < 4.78 is 41.3. The van der Waals surface area contributed by atoms with Gasteiger partial charge in [0, 0.05) is 24.7 Å². The molecule has 0 bridgehead atoms. The van der Waals surface area contributed by atoms with Crippen molar-refractivity contribution in [1.29, 1.82) is 0 Å². The Hall–Kier alpha value is -1.46. The van der Waals surface area contributed by atoms with E-state index in [4.69, 9.17) is 22.4 Å². The van der Waals surface area contributed by atoms with Crippen LogP contribution in [0.1, 0.15) is 25.7 Å². The van der Waals surface area contributed by atoms with Crippen LogP contribution in [0.3, 0.4) is 0 Å². The molecule has 0 aliphatic rings. The van der Waals surface area contributed by atoms with Gasteiger partial charge in [0.2, 0.25) is 0 Å². The summed E-state index contributed by atoms with van der Waals surface area (Å²) in [5, 5.41) is 14.0. The van der Waals surface area contributed by atoms with E-state index in [-0.39, 0.29) is 22.7 Å². The molecule has 1 aromatic heterocycles. The van der Waals surface area contributed by atoms with Crippen LogP contribution in [-0.2, 0) is 10.0 Å². The summed E-state index contributed by atoms with van der Waals surface area (Å²) in [7, 11) is -4.12. The second-order valence-electron chi connectivity index (χ2n) is 6.27. The SMILES string of the molecule is NC[C@@H](CO)CCCCCNc1cc(F)c(S(=O)(=O)Nc2nccs2)cc1Cl. The van der Waals surface area contributed by atoms with Gasteiger partial charge in [0.05, 0.1) is 10.7 Å². The molecule has 2 aromatic rings. The molecule has 0 spiro atoms. The zero-order valence-electron chi connectivity index (χ0n) is 15.2. The van der Waals surface area contributed by atoms with E-state index in [1.165, 1.54) is 6.20 Å². The molecule has 0 aliphatic heterocycles. The zero-order valence-corrected chi connectivity index (χ0v) is 17.6. The Bertz CT molecular complexity index is 846. The predicted octanol–water partition coefficient (Wildman–Crippen LogP) is 3.28. The lowest BCUT2D eigenvalue weighted by atomic mass is 10.0. The molecule has 0 saturated carbocycles. The number of rotatable bonds is 12. The molecule has 7 nitrogen and oxygen atoms in total. The minimum absolute atomic E-state index is 0.0935. The molecule has 5 N–H and O–H groups in total. The van der Waals surface area contributed by atoms with Crippen LogP contribution < -0.4 is 15.8 Å². The van der Waals surface area contributed by atoms with Gasteiger partial charge in [0.1, 0.15) is 10.7 Å². The van der Waals surface area contributed by atoms with Crippen molar-refractivity contribution in [2.45, 2.75) is 30.6 Å². The smallest absolute Gasteiger partial charge is 0.266 e. The van der Waals surface area contributed by atoms with Gasteiger partial charge >= 0.3 is 0 Å². The molecule has 2 rings (SSSR count). The maximum absolute atomic E-state index is 14.4. The Kier molecular flexibility index (Phi) is 8.90. The topological polar surface area (TPSA) is 117 Å². The van der Waals surface area contributed by atoms with E-state index in [1.54, 1.807) is 5.38 Å². The Labute approximate surface area is 173 Å². The van der Waals surface area contributed by atoms with Crippen LogP contribution in [0, 0.1) is 11.7 Å². The fourth-order valence-electron chi connectivity index (χ4n) is 2.56. The number of nitrogens with two attached hydrogens (primary N) is 1. The molecule has 0 fully saturated rings. The summed E-state index contributed by atoms with van der Waals surface area (Å²) in [6.45, 7) is 1.13. The fraction of sp³-hybridized carbons (Fsp3) is 0.471. The van der Waals surface area contributed by atoms with Crippen molar-refractivity contribution in [3.05, 3.63) is 34.5 Å². The average Bonchev–Trinajstić information content (AvgIpc) is 3.15. The van der Waals surface area contributed by atoms with E-state index in [0.29, 0.717) is 18.8 Å². The number of nitrogens with zero attached hydrogens (tertiary/aromatic N) is 1. The summed E-state index contributed by atoms with van der Waals surface area (Å²) in [5.41, 5.74) is 5.87. The third-order valence-corrected chi connectivity index (χ3v) is 6.65. The van der Waals surface area contributed by atoms with Crippen molar-refractivity contribution in [2.75, 3.05) is 29.7 Å². The Morgan fingerprint density at radius 1 is 1.32 bits per heavy atom. The number of unbranched alkanes of at least 4 members (excludes halogenated alkanes) is 2. The third-order valence-electron chi connectivity index (χ3n) is 4.16. The van der Waals surface area contributed by atoms with Crippen LogP contribution in [-0.4, -0.2) is 38.2 Å². The molecule has 0 amide bonds. The summed E-state index contributed by atoms with van der Waals surface area (Å²) in [6.07, 6.45) is 4.99. The van der Waals surface area contributed by atoms with Gasteiger partial charge in [-0.2, -0.15) is 0 Å². The maximum Gasteiger partial charge on any atom is 0.266 e. The van der Waals surface area contributed by atoms with Crippen LogP contribution in [0.4, 0.5) is 15.2 Å². The number of sulfonamides is 1. The number of hydrogen-bond acceptors (Lipinski definition) is 7.